The highest BCUT2D eigenvalue weighted by molar-refractivity contribution is 5.57. The summed E-state index contributed by atoms with van der Waals surface area (Å²) in [7, 11) is 3.94. The molecule has 2 aromatic rings. The molecule has 0 N–H and O–H groups in total. The van der Waals surface area contributed by atoms with Gasteiger partial charge in [0.15, 0.2) is 5.82 Å². The Bertz CT molecular complexity index is 552. The van der Waals surface area contributed by atoms with Crippen molar-refractivity contribution in [3.05, 3.63) is 42.1 Å². The van der Waals surface area contributed by atoms with Crippen molar-refractivity contribution in [2.45, 2.75) is 20.0 Å². The maximum Gasteiger partial charge on any atom is 0.161 e. The van der Waals surface area contributed by atoms with E-state index in [4.69, 9.17) is 4.74 Å². The highest BCUT2D eigenvalue weighted by Crippen LogP contribution is 2.22. The van der Waals surface area contributed by atoms with Crippen molar-refractivity contribution in [3.63, 3.8) is 0 Å². The van der Waals surface area contributed by atoms with Gasteiger partial charge in [-0.05, 0) is 25.5 Å². The number of aromatic nitrogens is 2. The summed E-state index contributed by atoms with van der Waals surface area (Å²) in [5, 5.41) is 0. The minimum atomic E-state index is 0.114. The summed E-state index contributed by atoms with van der Waals surface area (Å²) in [4.78, 5) is 10.8. The maximum absolute atomic E-state index is 5.59. The van der Waals surface area contributed by atoms with E-state index in [1.807, 2.05) is 44.1 Å². The smallest absolute Gasteiger partial charge is 0.161 e. The molecule has 0 amide bonds. The van der Waals surface area contributed by atoms with Crippen LogP contribution < -0.4 is 4.90 Å². The molecule has 0 unspecified atom stereocenters. The molecule has 1 aromatic carbocycles. The maximum atomic E-state index is 5.59. The lowest BCUT2D eigenvalue weighted by molar-refractivity contribution is 0.0764. The predicted molar refractivity (Wildman–Crippen MR) is 81.8 cm³/mol. The quantitative estimate of drug-likeness (QED) is 0.836. The first-order chi connectivity index (χ1) is 9.61. The van der Waals surface area contributed by atoms with Gasteiger partial charge < -0.3 is 9.64 Å². The third-order valence-corrected chi connectivity index (χ3v) is 3.15. The first-order valence-corrected chi connectivity index (χ1v) is 6.84. The SMILES string of the molecule is CCO[C@@H](C)c1ccc(-c2nccc(N(C)C)n2)cc1. The average Bonchev–Trinajstić information content (AvgIpc) is 2.48. The minimum absolute atomic E-state index is 0.114. The summed E-state index contributed by atoms with van der Waals surface area (Å²) >= 11 is 0. The number of ether oxygens (including phenoxy) is 1. The van der Waals surface area contributed by atoms with Gasteiger partial charge in [0.25, 0.3) is 0 Å². The summed E-state index contributed by atoms with van der Waals surface area (Å²) in [5.41, 5.74) is 2.18. The van der Waals surface area contributed by atoms with Crippen LogP contribution in [0.1, 0.15) is 25.5 Å². The van der Waals surface area contributed by atoms with E-state index in [2.05, 4.69) is 29.0 Å². The van der Waals surface area contributed by atoms with Crippen LogP contribution in [0.5, 0.6) is 0 Å². The zero-order valence-corrected chi connectivity index (χ0v) is 12.5. The highest BCUT2D eigenvalue weighted by atomic mass is 16.5. The lowest BCUT2D eigenvalue weighted by Crippen LogP contribution is -2.11. The molecule has 0 radical (unpaired) electrons. The zero-order valence-electron chi connectivity index (χ0n) is 12.5. The van der Waals surface area contributed by atoms with E-state index < -0.39 is 0 Å². The Morgan fingerprint density at radius 2 is 1.85 bits per heavy atom. The number of hydrogen-bond acceptors (Lipinski definition) is 4. The molecule has 0 aliphatic heterocycles. The summed E-state index contributed by atoms with van der Waals surface area (Å²) in [6.07, 6.45) is 1.90. The summed E-state index contributed by atoms with van der Waals surface area (Å²) in [5.74, 6) is 1.65. The van der Waals surface area contributed by atoms with Crippen LogP contribution in [0.25, 0.3) is 11.4 Å². The van der Waals surface area contributed by atoms with E-state index in [0.717, 1.165) is 23.8 Å². The first-order valence-electron chi connectivity index (χ1n) is 6.84. The van der Waals surface area contributed by atoms with E-state index in [0.29, 0.717) is 0 Å². The highest BCUT2D eigenvalue weighted by Gasteiger charge is 2.07. The molecule has 1 atom stereocenters. The largest absolute Gasteiger partial charge is 0.374 e. The Kier molecular flexibility index (Phi) is 4.69. The van der Waals surface area contributed by atoms with E-state index >= 15 is 0 Å². The monoisotopic (exact) mass is 271 g/mol. The van der Waals surface area contributed by atoms with Crippen LogP contribution in [-0.4, -0.2) is 30.7 Å². The summed E-state index contributed by atoms with van der Waals surface area (Å²) in [6, 6.07) is 10.1. The molecule has 106 valence electrons. The van der Waals surface area contributed by atoms with Crippen LogP contribution in [0.15, 0.2) is 36.5 Å². The molecular formula is C16H21N3O. The molecule has 4 heteroatoms. The minimum Gasteiger partial charge on any atom is -0.374 e. The van der Waals surface area contributed by atoms with E-state index in [9.17, 15) is 0 Å². The van der Waals surface area contributed by atoms with Crippen LogP contribution in [0, 0.1) is 0 Å². The van der Waals surface area contributed by atoms with Crippen molar-refractivity contribution < 1.29 is 4.74 Å². The molecule has 0 saturated carbocycles. The third-order valence-electron chi connectivity index (χ3n) is 3.15. The van der Waals surface area contributed by atoms with Crippen molar-refractivity contribution >= 4 is 5.82 Å². The molecule has 0 spiro atoms. The fourth-order valence-corrected chi connectivity index (χ4v) is 1.99. The molecule has 0 aliphatic carbocycles. The second kappa shape index (κ2) is 6.48. The lowest BCUT2D eigenvalue weighted by atomic mass is 10.1. The van der Waals surface area contributed by atoms with Crippen molar-refractivity contribution in [2.75, 3.05) is 25.6 Å². The van der Waals surface area contributed by atoms with Gasteiger partial charge in [-0.25, -0.2) is 9.97 Å². The Balaban J connectivity index is 2.23. The van der Waals surface area contributed by atoms with Gasteiger partial charge in [0, 0.05) is 32.5 Å². The number of hydrogen-bond donors (Lipinski definition) is 0. The van der Waals surface area contributed by atoms with E-state index in [1.165, 1.54) is 5.56 Å². The average molecular weight is 271 g/mol. The van der Waals surface area contributed by atoms with Crippen molar-refractivity contribution in [1.29, 1.82) is 0 Å². The molecule has 0 saturated heterocycles. The fourth-order valence-electron chi connectivity index (χ4n) is 1.99. The van der Waals surface area contributed by atoms with E-state index in [1.54, 1.807) is 6.20 Å². The Morgan fingerprint density at radius 1 is 1.15 bits per heavy atom. The number of rotatable bonds is 5. The molecule has 1 heterocycles. The zero-order chi connectivity index (χ0) is 14.5. The normalized spacial score (nSPS) is 12.2. The molecule has 0 aliphatic rings. The molecular weight excluding hydrogens is 250 g/mol. The third kappa shape index (κ3) is 3.33. The van der Waals surface area contributed by atoms with Gasteiger partial charge in [0.1, 0.15) is 5.82 Å². The Labute approximate surface area is 120 Å². The Morgan fingerprint density at radius 3 is 2.45 bits per heavy atom. The van der Waals surface area contributed by atoms with Crippen LogP contribution in [0.2, 0.25) is 0 Å². The van der Waals surface area contributed by atoms with Crippen LogP contribution in [0.3, 0.4) is 0 Å². The van der Waals surface area contributed by atoms with Crippen LogP contribution >= 0.6 is 0 Å². The van der Waals surface area contributed by atoms with Gasteiger partial charge in [-0.3, -0.25) is 0 Å². The summed E-state index contributed by atoms with van der Waals surface area (Å²) < 4.78 is 5.59. The van der Waals surface area contributed by atoms with Crippen molar-refractivity contribution in [2.24, 2.45) is 0 Å². The van der Waals surface area contributed by atoms with Crippen LogP contribution in [-0.2, 0) is 4.74 Å². The number of nitrogens with zero attached hydrogens (tertiary/aromatic N) is 3. The molecule has 0 fully saturated rings. The molecule has 20 heavy (non-hydrogen) atoms. The first kappa shape index (κ1) is 14.5. The number of anilines is 1. The van der Waals surface area contributed by atoms with Crippen LogP contribution in [0.4, 0.5) is 5.82 Å². The molecule has 4 nitrogen and oxygen atoms in total. The predicted octanol–water partition coefficient (Wildman–Crippen LogP) is 3.31. The van der Waals surface area contributed by atoms with Crippen molar-refractivity contribution in [1.82, 2.24) is 9.97 Å². The Hall–Kier alpha value is -1.94. The molecule has 1 aromatic heterocycles. The van der Waals surface area contributed by atoms with Gasteiger partial charge in [0.05, 0.1) is 6.10 Å². The lowest BCUT2D eigenvalue weighted by Gasteiger charge is -2.13. The summed E-state index contributed by atoms with van der Waals surface area (Å²) in [6.45, 7) is 4.78. The van der Waals surface area contributed by atoms with Gasteiger partial charge in [-0.1, -0.05) is 24.3 Å². The second-order valence-corrected chi connectivity index (χ2v) is 4.85. The van der Waals surface area contributed by atoms with Gasteiger partial charge in [0.2, 0.25) is 0 Å². The fraction of sp³-hybridized carbons (Fsp3) is 0.375. The molecule has 2 rings (SSSR count). The molecule has 0 bridgehead atoms. The van der Waals surface area contributed by atoms with Gasteiger partial charge in [-0.2, -0.15) is 0 Å². The van der Waals surface area contributed by atoms with Gasteiger partial charge in [-0.15, -0.1) is 0 Å². The standard InChI is InChI=1S/C16H21N3O/c1-5-20-12(2)13-6-8-14(9-7-13)16-17-11-10-15(18-16)19(3)4/h6-12H,5H2,1-4H3/t12-/m0/s1. The topological polar surface area (TPSA) is 38.2 Å². The van der Waals surface area contributed by atoms with E-state index in [-0.39, 0.29) is 6.10 Å². The number of benzene rings is 1. The van der Waals surface area contributed by atoms with Crippen molar-refractivity contribution in [3.8, 4) is 11.4 Å². The van der Waals surface area contributed by atoms with Gasteiger partial charge >= 0.3 is 0 Å². The second-order valence-electron chi connectivity index (χ2n) is 4.85.